The predicted molar refractivity (Wildman–Crippen MR) is 123 cm³/mol. The van der Waals surface area contributed by atoms with E-state index < -0.39 is 0 Å². The van der Waals surface area contributed by atoms with Crippen LogP contribution in [0.2, 0.25) is 0 Å². The molecule has 8 heteroatoms. The van der Waals surface area contributed by atoms with Crippen molar-refractivity contribution >= 4 is 27.4 Å². The Balaban J connectivity index is 1.22. The highest BCUT2D eigenvalue weighted by Gasteiger charge is 2.33. The van der Waals surface area contributed by atoms with Crippen LogP contribution in [0.4, 0.5) is 5.82 Å². The second-order valence-electron chi connectivity index (χ2n) is 9.18. The molecule has 0 N–H and O–H groups in total. The van der Waals surface area contributed by atoms with Gasteiger partial charge in [0.05, 0.1) is 5.39 Å². The molecule has 5 heterocycles. The molecule has 1 aliphatic heterocycles. The zero-order chi connectivity index (χ0) is 21.1. The number of fused-ring (bicyclic) bond motifs is 3. The fourth-order valence-electron chi connectivity index (χ4n) is 5.09. The molecule has 0 atom stereocenters. The molecule has 4 aromatic rings. The number of hydrogen-bond donors (Lipinski definition) is 0. The summed E-state index contributed by atoms with van der Waals surface area (Å²) >= 11 is 1.85. The molecule has 162 valence electrons. The lowest BCUT2D eigenvalue weighted by molar-refractivity contribution is 0.365. The number of aromatic nitrogens is 5. The van der Waals surface area contributed by atoms with Crippen LogP contribution in [0.3, 0.4) is 0 Å². The largest absolute Gasteiger partial charge is 0.356 e. The van der Waals surface area contributed by atoms with E-state index in [1.165, 1.54) is 41.5 Å². The standard InChI is InChI=1S/C24H24N6OS/c1-4-17-18(5-1)32-24-19(17)22(26-20(28-24)16-3-2-10-25-13-16)30-11-8-14(9-12-30)21-27-23(31-29-21)15-6-7-15/h2-3,10,13-15H,1,4-9,11-12H2. The third-order valence-corrected chi connectivity index (χ3v) is 8.19. The van der Waals surface area contributed by atoms with Crippen molar-refractivity contribution in [2.24, 2.45) is 0 Å². The molecule has 0 bridgehead atoms. The maximum absolute atomic E-state index is 5.52. The Kier molecular flexibility index (Phi) is 4.28. The molecule has 1 saturated heterocycles. The van der Waals surface area contributed by atoms with Crippen molar-refractivity contribution in [3.63, 3.8) is 0 Å². The Morgan fingerprint density at radius 2 is 1.91 bits per heavy atom. The number of nitrogens with zero attached hydrogens (tertiary/aromatic N) is 6. The lowest BCUT2D eigenvalue weighted by Gasteiger charge is -2.32. The van der Waals surface area contributed by atoms with Crippen LogP contribution in [-0.2, 0) is 12.8 Å². The predicted octanol–water partition coefficient (Wildman–Crippen LogP) is 4.89. The summed E-state index contributed by atoms with van der Waals surface area (Å²) in [6, 6.07) is 3.99. The zero-order valence-electron chi connectivity index (χ0n) is 17.8. The van der Waals surface area contributed by atoms with Crippen molar-refractivity contribution in [1.29, 1.82) is 0 Å². The molecule has 1 saturated carbocycles. The highest BCUT2D eigenvalue weighted by Crippen LogP contribution is 2.43. The van der Waals surface area contributed by atoms with Crippen molar-refractivity contribution < 1.29 is 4.52 Å². The van der Waals surface area contributed by atoms with Crippen molar-refractivity contribution in [3.05, 3.63) is 46.7 Å². The van der Waals surface area contributed by atoms with Gasteiger partial charge in [-0.15, -0.1) is 11.3 Å². The minimum atomic E-state index is 0.366. The molecule has 0 amide bonds. The summed E-state index contributed by atoms with van der Waals surface area (Å²) in [5.74, 6) is 4.48. The molecule has 0 aromatic carbocycles. The molecule has 0 unspecified atom stereocenters. The summed E-state index contributed by atoms with van der Waals surface area (Å²) in [6.07, 6.45) is 11.6. The number of aryl methyl sites for hydroxylation is 2. The molecule has 32 heavy (non-hydrogen) atoms. The van der Waals surface area contributed by atoms with E-state index in [2.05, 4.69) is 15.0 Å². The topological polar surface area (TPSA) is 80.8 Å². The van der Waals surface area contributed by atoms with Crippen LogP contribution in [-0.4, -0.2) is 38.2 Å². The van der Waals surface area contributed by atoms with Crippen molar-refractivity contribution in [2.45, 2.75) is 56.8 Å². The number of piperidine rings is 1. The Morgan fingerprint density at radius 3 is 2.72 bits per heavy atom. The maximum atomic E-state index is 5.52. The minimum Gasteiger partial charge on any atom is -0.356 e. The van der Waals surface area contributed by atoms with E-state index in [1.54, 1.807) is 6.20 Å². The Labute approximate surface area is 189 Å². The minimum absolute atomic E-state index is 0.366. The summed E-state index contributed by atoms with van der Waals surface area (Å²) in [7, 11) is 0. The van der Waals surface area contributed by atoms with E-state index in [9.17, 15) is 0 Å². The van der Waals surface area contributed by atoms with E-state index in [-0.39, 0.29) is 0 Å². The van der Waals surface area contributed by atoms with Crippen LogP contribution in [0.25, 0.3) is 21.6 Å². The highest BCUT2D eigenvalue weighted by atomic mass is 32.1. The molecule has 3 aliphatic rings. The fourth-order valence-corrected chi connectivity index (χ4v) is 6.34. The molecule has 2 aliphatic carbocycles. The molecule has 0 radical (unpaired) electrons. The normalized spacial score (nSPS) is 19.1. The molecule has 7 rings (SSSR count). The van der Waals surface area contributed by atoms with Gasteiger partial charge in [0.25, 0.3) is 0 Å². The summed E-state index contributed by atoms with van der Waals surface area (Å²) in [6.45, 7) is 1.89. The average molecular weight is 445 g/mol. The van der Waals surface area contributed by atoms with Crippen LogP contribution in [0, 0.1) is 0 Å². The van der Waals surface area contributed by atoms with E-state index in [0.717, 1.165) is 66.1 Å². The Morgan fingerprint density at radius 1 is 1.00 bits per heavy atom. The first-order chi connectivity index (χ1) is 15.8. The van der Waals surface area contributed by atoms with Gasteiger partial charge in [-0.2, -0.15) is 4.98 Å². The fraction of sp³-hybridized carbons (Fsp3) is 0.458. The molecular weight excluding hydrogens is 420 g/mol. The Bertz CT molecular complexity index is 1290. The number of pyridine rings is 1. The first kappa shape index (κ1) is 18.7. The van der Waals surface area contributed by atoms with Gasteiger partial charge in [0.2, 0.25) is 5.89 Å². The Hall–Kier alpha value is -2.87. The van der Waals surface area contributed by atoms with E-state index in [1.807, 2.05) is 29.7 Å². The average Bonchev–Trinajstić information content (AvgIpc) is 3.24. The van der Waals surface area contributed by atoms with Crippen LogP contribution >= 0.6 is 11.3 Å². The second-order valence-corrected chi connectivity index (χ2v) is 10.3. The van der Waals surface area contributed by atoms with Crippen molar-refractivity contribution in [2.75, 3.05) is 18.0 Å². The first-order valence-corrected chi connectivity index (χ1v) is 12.5. The van der Waals surface area contributed by atoms with Gasteiger partial charge in [0.15, 0.2) is 11.6 Å². The van der Waals surface area contributed by atoms with Gasteiger partial charge in [-0.1, -0.05) is 5.16 Å². The van der Waals surface area contributed by atoms with Crippen LogP contribution < -0.4 is 4.90 Å². The third-order valence-electron chi connectivity index (χ3n) is 7.01. The summed E-state index contributed by atoms with van der Waals surface area (Å²) in [5.41, 5.74) is 2.45. The molecule has 0 spiro atoms. The summed E-state index contributed by atoms with van der Waals surface area (Å²) in [4.78, 5) is 24.1. The van der Waals surface area contributed by atoms with E-state index in [4.69, 9.17) is 19.5 Å². The monoisotopic (exact) mass is 444 g/mol. The molecule has 7 nitrogen and oxygen atoms in total. The quantitative estimate of drug-likeness (QED) is 0.443. The van der Waals surface area contributed by atoms with Crippen molar-refractivity contribution in [3.8, 4) is 11.4 Å². The lowest BCUT2D eigenvalue weighted by Crippen LogP contribution is -2.34. The van der Waals surface area contributed by atoms with Gasteiger partial charge in [-0.3, -0.25) is 4.98 Å². The SMILES string of the molecule is c1cncc(-c2nc(N3CCC(c4noc(C5CC5)n4)CC3)c3c4c(sc3n2)CCC4)c1. The van der Waals surface area contributed by atoms with E-state index in [0.29, 0.717) is 11.8 Å². The van der Waals surface area contributed by atoms with Crippen LogP contribution in [0.1, 0.15) is 66.1 Å². The zero-order valence-corrected chi connectivity index (χ0v) is 18.6. The number of anilines is 1. The summed E-state index contributed by atoms with van der Waals surface area (Å²) < 4.78 is 5.52. The maximum Gasteiger partial charge on any atom is 0.229 e. The van der Waals surface area contributed by atoms with Gasteiger partial charge in [-0.05, 0) is 62.6 Å². The lowest BCUT2D eigenvalue weighted by atomic mass is 9.96. The van der Waals surface area contributed by atoms with E-state index >= 15 is 0 Å². The number of rotatable bonds is 4. The molecule has 4 aromatic heterocycles. The second kappa shape index (κ2) is 7.33. The number of thiophene rings is 1. The molecular formula is C24H24N6OS. The third kappa shape index (κ3) is 3.11. The van der Waals surface area contributed by atoms with Gasteiger partial charge in [0.1, 0.15) is 10.6 Å². The first-order valence-electron chi connectivity index (χ1n) is 11.6. The van der Waals surface area contributed by atoms with Crippen LogP contribution in [0.15, 0.2) is 29.0 Å². The van der Waals surface area contributed by atoms with Crippen LogP contribution in [0.5, 0.6) is 0 Å². The number of hydrogen-bond acceptors (Lipinski definition) is 8. The smallest absolute Gasteiger partial charge is 0.229 e. The van der Waals surface area contributed by atoms with Gasteiger partial charge < -0.3 is 9.42 Å². The highest BCUT2D eigenvalue weighted by molar-refractivity contribution is 7.19. The van der Waals surface area contributed by atoms with Crippen molar-refractivity contribution in [1.82, 2.24) is 25.1 Å². The molecule has 2 fully saturated rings. The summed E-state index contributed by atoms with van der Waals surface area (Å²) in [5, 5.41) is 5.59. The van der Waals surface area contributed by atoms with Gasteiger partial charge in [0, 0.05) is 47.8 Å². The van der Waals surface area contributed by atoms with Gasteiger partial charge in [-0.25, -0.2) is 9.97 Å². The van der Waals surface area contributed by atoms with Gasteiger partial charge >= 0.3 is 0 Å².